The number of amides is 1. The van der Waals surface area contributed by atoms with Gasteiger partial charge in [-0.1, -0.05) is 42.5 Å². The van der Waals surface area contributed by atoms with E-state index >= 15 is 0 Å². The Labute approximate surface area is 148 Å². The van der Waals surface area contributed by atoms with Gasteiger partial charge < -0.3 is 9.73 Å². The molecule has 0 bridgehead atoms. The molecule has 0 radical (unpaired) electrons. The maximum Gasteiger partial charge on any atom is 0.234 e. The van der Waals surface area contributed by atoms with E-state index in [9.17, 15) is 4.79 Å². The van der Waals surface area contributed by atoms with Gasteiger partial charge >= 0.3 is 0 Å². The summed E-state index contributed by atoms with van der Waals surface area (Å²) in [5.41, 5.74) is 1.13. The van der Waals surface area contributed by atoms with Gasteiger partial charge in [0.05, 0.1) is 19.1 Å². The molecule has 1 amide bonds. The Morgan fingerprint density at radius 1 is 1.12 bits per heavy atom. The smallest absolute Gasteiger partial charge is 0.234 e. The molecule has 1 atom stereocenters. The fourth-order valence-corrected chi connectivity index (χ4v) is 3.13. The summed E-state index contributed by atoms with van der Waals surface area (Å²) in [7, 11) is 1.92. The van der Waals surface area contributed by atoms with E-state index in [4.69, 9.17) is 4.42 Å². The molecule has 3 aromatic rings. The normalized spacial score (nSPS) is 12.5. The van der Waals surface area contributed by atoms with Crippen LogP contribution in [0.3, 0.4) is 0 Å². The molecule has 0 saturated heterocycles. The quantitative estimate of drug-likeness (QED) is 0.738. The van der Waals surface area contributed by atoms with Gasteiger partial charge in [0.1, 0.15) is 11.5 Å². The Balaban J connectivity index is 1.62. The number of benzene rings is 2. The van der Waals surface area contributed by atoms with E-state index < -0.39 is 0 Å². The molecule has 3 rings (SSSR count). The minimum atomic E-state index is -0.0437. The van der Waals surface area contributed by atoms with Crippen molar-refractivity contribution < 1.29 is 9.21 Å². The third-order valence-electron chi connectivity index (χ3n) is 4.30. The van der Waals surface area contributed by atoms with Crippen molar-refractivity contribution in [1.82, 2.24) is 10.2 Å². The van der Waals surface area contributed by atoms with E-state index in [1.54, 1.807) is 0 Å². The Hall–Kier alpha value is -2.59. The number of aryl methyl sites for hydroxylation is 1. The van der Waals surface area contributed by atoms with Gasteiger partial charge in [-0.05, 0) is 49.4 Å². The number of nitrogens with zero attached hydrogens (tertiary/aromatic N) is 1. The molecule has 0 spiro atoms. The lowest BCUT2D eigenvalue weighted by atomic mass is 10.00. The Bertz CT molecular complexity index is 864. The Morgan fingerprint density at radius 3 is 2.64 bits per heavy atom. The summed E-state index contributed by atoms with van der Waals surface area (Å²) in [6.45, 7) is 4.89. The number of rotatable bonds is 6. The zero-order valence-corrected chi connectivity index (χ0v) is 15.0. The first-order valence-electron chi connectivity index (χ1n) is 8.54. The van der Waals surface area contributed by atoms with Crippen molar-refractivity contribution in [2.45, 2.75) is 26.4 Å². The average Bonchev–Trinajstić information content (AvgIpc) is 2.98. The lowest BCUT2D eigenvalue weighted by Gasteiger charge is -2.19. The molecule has 0 aliphatic carbocycles. The average molecular weight is 336 g/mol. The third-order valence-corrected chi connectivity index (χ3v) is 4.30. The van der Waals surface area contributed by atoms with Crippen LogP contribution in [0.1, 0.15) is 30.0 Å². The van der Waals surface area contributed by atoms with Crippen molar-refractivity contribution in [3.8, 4) is 0 Å². The molecule has 1 N–H and O–H groups in total. The fourth-order valence-electron chi connectivity index (χ4n) is 3.13. The molecule has 0 aliphatic rings. The fraction of sp³-hybridized carbons (Fsp3) is 0.286. The van der Waals surface area contributed by atoms with E-state index in [0.29, 0.717) is 13.1 Å². The first-order valence-corrected chi connectivity index (χ1v) is 8.54. The number of fused-ring (bicyclic) bond motifs is 1. The molecule has 130 valence electrons. The standard InChI is InChI=1S/C21H24N2O2/c1-15-11-12-18(25-15)13-23(3)14-21(24)22-16(2)19-10-6-8-17-7-4-5-9-20(17)19/h4-12,16H,13-14H2,1-3H3,(H,22,24)/t16-/m1/s1. The molecule has 0 saturated carbocycles. The zero-order chi connectivity index (χ0) is 17.8. The molecule has 4 heteroatoms. The minimum Gasteiger partial charge on any atom is -0.465 e. The third kappa shape index (κ3) is 4.28. The van der Waals surface area contributed by atoms with Crippen molar-refractivity contribution in [3.05, 3.63) is 71.7 Å². The van der Waals surface area contributed by atoms with Gasteiger partial charge in [-0.3, -0.25) is 9.69 Å². The summed E-state index contributed by atoms with van der Waals surface area (Å²) in [4.78, 5) is 14.3. The summed E-state index contributed by atoms with van der Waals surface area (Å²) in [5.74, 6) is 1.76. The highest BCUT2D eigenvalue weighted by Crippen LogP contribution is 2.24. The molecule has 25 heavy (non-hydrogen) atoms. The molecule has 0 aliphatic heterocycles. The molecule has 1 aromatic heterocycles. The van der Waals surface area contributed by atoms with Gasteiger partial charge in [0.2, 0.25) is 5.91 Å². The minimum absolute atomic E-state index is 0.00575. The van der Waals surface area contributed by atoms with Crippen LogP contribution in [0.15, 0.2) is 59.0 Å². The van der Waals surface area contributed by atoms with Gasteiger partial charge in [-0.15, -0.1) is 0 Å². The molecule has 4 nitrogen and oxygen atoms in total. The van der Waals surface area contributed by atoms with Crippen LogP contribution < -0.4 is 5.32 Å². The number of carbonyl (C=O) groups is 1. The van der Waals surface area contributed by atoms with E-state index in [1.165, 1.54) is 10.8 Å². The van der Waals surface area contributed by atoms with Crippen LogP contribution in [0.2, 0.25) is 0 Å². The van der Waals surface area contributed by atoms with Gasteiger partial charge in [0.25, 0.3) is 0 Å². The highest BCUT2D eigenvalue weighted by atomic mass is 16.3. The van der Waals surface area contributed by atoms with Crippen LogP contribution in [0.5, 0.6) is 0 Å². The summed E-state index contributed by atoms with van der Waals surface area (Å²) in [6.07, 6.45) is 0. The van der Waals surface area contributed by atoms with Gasteiger partial charge in [0, 0.05) is 0 Å². The lowest BCUT2D eigenvalue weighted by Crippen LogP contribution is -2.36. The van der Waals surface area contributed by atoms with Crippen LogP contribution in [0, 0.1) is 6.92 Å². The van der Waals surface area contributed by atoms with Crippen molar-refractivity contribution >= 4 is 16.7 Å². The summed E-state index contributed by atoms with van der Waals surface area (Å²) >= 11 is 0. The predicted octanol–water partition coefficient (Wildman–Crippen LogP) is 4.05. The molecule has 0 unspecified atom stereocenters. The number of carbonyl (C=O) groups excluding carboxylic acids is 1. The maximum absolute atomic E-state index is 12.4. The SMILES string of the molecule is Cc1ccc(CN(C)CC(=O)N[C@H](C)c2cccc3ccccc23)o1. The lowest BCUT2D eigenvalue weighted by molar-refractivity contribution is -0.122. The number of hydrogen-bond acceptors (Lipinski definition) is 3. The molecule has 2 aromatic carbocycles. The van der Waals surface area contributed by atoms with Crippen LogP contribution >= 0.6 is 0 Å². The second kappa shape index (κ2) is 7.53. The molecular weight excluding hydrogens is 312 g/mol. The number of nitrogens with one attached hydrogen (secondary N) is 1. The second-order valence-corrected chi connectivity index (χ2v) is 6.54. The predicted molar refractivity (Wildman–Crippen MR) is 100 cm³/mol. The van der Waals surface area contributed by atoms with Crippen LogP contribution in [0.25, 0.3) is 10.8 Å². The van der Waals surface area contributed by atoms with Gasteiger partial charge in [-0.25, -0.2) is 0 Å². The van der Waals surface area contributed by atoms with Crippen molar-refractivity contribution in [1.29, 1.82) is 0 Å². The topological polar surface area (TPSA) is 45.5 Å². The van der Waals surface area contributed by atoms with E-state index in [-0.39, 0.29) is 11.9 Å². The Kier molecular flexibility index (Phi) is 5.19. The van der Waals surface area contributed by atoms with Crippen molar-refractivity contribution in [2.75, 3.05) is 13.6 Å². The van der Waals surface area contributed by atoms with E-state index in [0.717, 1.165) is 17.1 Å². The van der Waals surface area contributed by atoms with Crippen LogP contribution in [-0.4, -0.2) is 24.4 Å². The second-order valence-electron chi connectivity index (χ2n) is 6.54. The first kappa shape index (κ1) is 17.2. The Morgan fingerprint density at radius 2 is 1.88 bits per heavy atom. The summed E-state index contributed by atoms with van der Waals surface area (Å²) in [5, 5.41) is 5.46. The van der Waals surface area contributed by atoms with E-state index in [2.05, 4.69) is 29.6 Å². The first-order chi connectivity index (χ1) is 12.0. The van der Waals surface area contributed by atoms with Crippen LogP contribution in [-0.2, 0) is 11.3 Å². The number of furan rings is 1. The monoisotopic (exact) mass is 336 g/mol. The van der Waals surface area contributed by atoms with Crippen molar-refractivity contribution in [3.63, 3.8) is 0 Å². The van der Waals surface area contributed by atoms with Gasteiger partial charge in [-0.2, -0.15) is 0 Å². The van der Waals surface area contributed by atoms with Crippen LogP contribution in [0.4, 0.5) is 0 Å². The number of hydrogen-bond donors (Lipinski definition) is 1. The largest absolute Gasteiger partial charge is 0.465 e. The number of likely N-dealkylation sites (N-methyl/N-ethyl adjacent to an activating group) is 1. The molecule has 0 fully saturated rings. The summed E-state index contributed by atoms with van der Waals surface area (Å²) < 4.78 is 5.56. The van der Waals surface area contributed by atoms with E-state index in [1.807, 2.05) is 56.1 Å². The van der Waals surface area contributed by atoms with Gasteiger partial charge in [0.15, 0.2) is 0 Å². The molecular formula is C21H24N2O2. The zero-order valence-electron chi connectivity index (χ0n) is 15.0. The summed E-state index contributed by atoms with van der Waals surface area (Å²) in [6, 6.07) is 18.3. The highest BCUT2D eigenvalue weighted by molar-refractivity contribution is 5.87. The highest BCUT2D eigenvalue weighted by Gasteiger charge is 2.14. The maximum atomic E-state index is 12.4. The van der Waals surface area contributed by atoms with Crippen molar-refractivity contribution in [2.24, 2.45) is 0 Å². The molecule has 1 heterocycles.